The molecule has 0 aliphatic carbocycles. The van der Waals surface area contributed by atoms with E-state index in [1.165, 1.54) is 18.4 Å². The number of benzene rings is 2. The molecule has 0 fully saturated rings. The molecule has 0 spiro atoms. The van der Waals surface area contributed by atoms with Crippen molar-refractivity contribution in [2.45, 2.75) is 25.4 Å². The number of hydrogen-bond acceptors (Lipinski definition) is 6. The van der Waals surface area contributed by atoms with Crippen LogP contribution in [0, 0.1) is 0 Å². The molecular formula is C23H20F3N3O3. The lowest BCUT2D eigenvalue weighted by atomic mass is 10.1. The van der Waals surface area contributed by atoms with Gasteiger partial charge in [-0.05, 0) is 29.8 Å². The highest BCUT2D eigenvalue weighted by molar-refractivity contribution is 5.54. The quantitative estimate of drug-likeness (QED) is 0.409. The van der Waals surface area contributed by atoms with Crippen LogP contribution in [-0.4, -0.2) is 26.7 Å². The summed E-state index contributed by atoms with van der Waals surface area (Å²) in [5.74, 6) is 0.918. The molecule has 32 heavy (non-hydrogen) atoms. The molecule has 0 bridgehead atoms. The van der Waals surface area contributed by atoms with Crippen molar-refractivity contribution in [2.24, 2.45) is 0 Å². The van der Waals surface area contributed by atoms with E-state index < -0.39 is 17.8 Å². The van der Waals surface area contributed by atoms with Crippen molar-refractivity contribution < 1.29 is 27.2 Å². The van der Waals surface area contributed by atoms with E-state index in [1.807, 2.05) is 35.2 Å². The molecule has 4 rings (SSSR count). The Labute approximate surface area is 181 Å². The van der Waals surface area contributed by atoms with E-state index in [0.29, 0.717) is 17.9 Å². The maximum atomic E-state index is 12.8. The van der Waals surface area contributed by atoms with Crippen LogP contribution in [0.15, 0.2) is 81.9 Å². The molecule has 0 aliphatic rings. The van der Waals surface area contributed by atoms with Crippen LogP contribution in [0.25, 0.3) is 11.4 Å². The first-order valence-electron chi connectivity index (χ1n) is 9.86. The molecule has 1 atom stereocenters. The minimum absolute atomic E-state index is 0.194. The molecule has 166 valence electrons. The maximum Gasteiger partial charge on any atom is 0.416 e. The highest BCUT2D eigenvalue weighted by Crippen LogP contribution is 2.30. The fourth-order valence-electron chi connectivity index (χ4n) is 3.28. The van der Waals surface area contributed by atoms with Gasteiger partial charge in [0.05, 0.1) is 18.4 Å². The Hall–Kier alpha value is -3.43. The SMILES string of the molecule is OC(CN(Cc1ccccc1)Cc1nc(-c2ccc(C(F)(F)F)cc2)no1)c1ccco1. The molecule has 9 heteroatoms. The van der Waals surface area contributed by atoms with Crippen LogP contribution in [0.3, 0.4) is 0 Å². The smallest absolute Gasteiger partial charge is 0.416 e. The van der Waals surface area contributed by atoms with Crippen molar-refractivity contribution in [2.75, 3.05) is 6.54 Å². The van der Waals surface area contributed by atoms with Crippen LogP contribution in [0.4, 0.5) is 13.2 Å². The molecule has 1 N–H and O–H groups in total. The van der Waals surface area contributed by atoms with Gasteiger partial charge in [0.1, 0.15) is 11.9 Å². The largest absolute Gasteiger partial charge is 0.467 e. The molecule has 1 unspecified atom stereocenters. The van der Waals surface area contributed by atoms with Gasteiger partial charge in [-0.25, -0.2) is 0 Å². The highest BCUT2D eigenvalue weighted by atomic mass is 19.4. The summed E-state index contributed by atoms with van der Waals surface area (Å²) in [7, 11) is 0. The number of hydrogen-bond donors (Lipinski definition) is 1. The lowest BCUT2D eigenvalue weighted by molar-refractivity contribution is -0.137. The van der Waals surface area contributed by atoms with E-state index >= 15 is 0 Å². The normalized spacial score (nSPS) is 12.9. The van der Waals surface area contributed by atoms with Gasteiger partial charge in [0.2, 0.25) is 11.7 Å². The average Bonchev–Trinajstić information content (AvgIpc) is 3.46. The molecule has 0 radical (unpaired) electrons. The molecule has 2 aromatic heterocycles. The monoisotopic (exact) mass is 443 g/mol. The number of alkyl halides is 3. The predicted octanol–water partition coefficient (Wildman–Crippen LogP) is 5.08. The van der Waals surface area contributed by atoms with Crippen molar-refractivity contribution >= 4 is 0 Å². The van der Waals surface area contributed by atoms with Gasteiger partial charge in [-0.15, -0.1) is 0 Å². The summed E-state index contributed by atoms with van der Waals surface area (Å²) in [4.78, 5) is 6.24. The van der Waals surface area contributed by atoms with E-state index in [1.54, 1.807) is 12.1 Å². The number of furan rings is 1. The first-order chi connectivity index (χ1) is 15.4. The number of halogens is 3. The molecule has 2 aromatic carbocycles. The minimum atomic E-state index is -4.41. The summed E-state index contributed by atoms with van der Waals surface area (Å²) in [6.07, 6.45) is -3.77. The van der Waals surface area contributed by atoms with Crippen LogP contribution in [0.2, 0.25) is 0 Å². The second-order valence-corrected chi connectivity index (χ2v) is 7.27. The summed E-state index contributed by atoms with van der Waals surface area (Å²) >= 11 is 0. The van der Waals surface area contributed by atoms with Crippen molar-refractivity contribution in [1.29, 1.82) is 0 Å². The van der Waals surface area contributed by atoms with Gasteiger partial charge in [-0.2, -0.15) is 18.2 Å². The van der Waals surface area contributed by atoms with E-state index in [-0.39, 0.29) is 24.8 Å². The van der Waals surface area contributed by atoms with E-state index in [4.69, 9.17) is 8.94 Å². The Morgan fingerprint density at radius 1 is 0.938 bits per heavy atom. The summed E-state index contributed by atoms with van der Waals surface area (Å²) in [5.41, 5.74) is 0.700. The van der Waals surface area contributed by atoms with Crippen molar-refractivity contribution in [1.82, 2.24) is 15.0 Å². The van der Waals surface area contributed by atoms with Gasteiger partial charge < -0.3 is 14.0 Å². The summed E-state index contributed by atoms with van der Waals surface area (Å²) in [6, 6.07) is 17.7. The summed E-state index contributed by atoms with van der Waals surface area (Å²) in [6.45, 7) is 0.997. The lowest BCUT2D eigenvalue weighted by Crippen LogP contribution is -2.28. The van der Waals surface area contributed by atoms with Gasteiger partial charge in [0.15, 0.2) is 0 Å². The topological polar surface area (TPSA) is 75.5 Å². The van der Waals surface area contributed by atoms with E-state index in [2.05, 4.69) is 10.1 Å². The Morgan fingerprint density at radius 3 is 2.34 bits per heavy atom. The van der Waals surface area contributed by atoms with Crippen molar-refractivity contribution in [3.8, 4) is 11.4 Å². The van der Waals surface area contributed by atoms with Crippen molar-refractivity contribution in [3.05, 3.63) is 95.8 Å². The number of aliphatic hydroxyl groups is 1. The lowest BCUT2D eigenvalue weighted by Gasteiger charge is -2.22. The second-order valence-electron chi connectivity index (χ2n) is 7.27. The van der Waals surface area contributed by atoms with Gasteiger partial charge >= 0.3 is 6.18 Å². The first-order valence-corrected chi connectivity index (χ1v) is 9.86. The van der Waals surface area contributed by atoms with Gasteiger partial charge in [0.25, 0.3) is 0 Å². The fourth-order valence-corrected chi connectivity index (χ4v) is 3.28. The Bertz CT molecular complexity index is 1110. The standard InChI is InChI=1S/C23H20F3N3O3/c24-23(25,26)18-10-8-17(9-11-18)22-27-21(32-28-22)15-29(13-16-5-2-1-3-6-16)14-19(30)20-7-4-12-31-20/h1-12,19,30H,13-15H2. The molecular weight excluding hydrogens is 423 g/mol. The zero-order chi connectivity index (χ0) is 22.6. The number of aliphatic hydroxyl groups excluding tert-OH is 1. The van der Waals surface area contributed by atoms with Crippen LogP contribution in [-0.2, 0) is 19.3 Å². The Kier molecular flexibility index (Phi) is 6.38. The van der Waals surface area contributed by atoms with Crippen molar-refractivity contribution in [3.63, 3.8) is 0 Å². The van der Waals surface area contributed by atoms with E-state index in [9.17, 15) is 18.3 Å². The molecule has 0 saturated heterocycles. The fraction of sp³-hybridized carbons (Fsp3) is 0.217. The Morgan fingerprint density at radius 2 is 1.69 bits per heavy atom. The molecule has 0 amide bonds. The Balaban J connectivity index is 1.50. The highest BCUT2D eigenvalue weighted by Gasteiger charge is 2.30. The van der Waals surface area contributed by atoms with Gasteiger partial charge in [-0.1, -0.05) is 47.6 Å². The third-order valence-corrected chi connectivity index (χ3v) is 4.85. The van der Waals surface area contributed by atoms with Crippen LogP contribution < -0.4 is 0 Å². The molecule has 2 heterocycles. The minimum Gasteiger partial charge on any atom is -0.467 e. The summed E-state index contributed by atoms with van der Waals surface area (Å²) < 4.78 is 48.9. The molecule has 0 aliphatic heterocycles. The number of aromatic nitrogens is 2. The molecule has 0 saturated carbocycles. The van der Waals surface area contributed by atoms with Gasteiger partial charge in [0, 0.05) is 18.7 Å². The van der Waals surface area contributed by atoms with Crippen LogP contribution >= 0.6 is 0 Å². The number of nitrogens with zero attached hydrogens (tertiary/aromatic N) is 3. The van der Waals surface area contributed by atoms with Gasteiger partial charge in [-0.3, -0.25) is 4.90 Å². The number of rotatable bonds is 8. The average molecular weight is 443 g/mol. The molecule has 4 aromatic rings. The van der Waals surface area contributed by atoms with Crippen LogP contribution in [0.5, 0.6) is 0 Å². The predicted molar refractivity (Wildman–Crippen MR) is 109 cm³/mol. The zero-order valence-corrected chi connectivity index (χ0v) is 16.9. The first kappa shape index (κ1) is 21.8. The zero-order valence-electron chi connectivity index (χ0n) is 16.9. The summed E-state index contributed by atoms with van der Waals surface area (Å²) in [5, 5.41) is 14.4. The third-order valence-electron chi connectivity index (χ3n) is 4.85. The third kappa shape index (κ3) is 5.43. The van der Waals surface area contributed by atoms with Crippen LogP contribution in [0.1, 0.15) is 28.9 Å². The van der Waals surface area contributed by atoms with E-state index in [0.717, 1.165) is 17.7 Å². The second kappa shape index (κ2) is 9.37. The maximum absolute atomic E-state index is 12.8. The molecule has 6 nitrogen and oxygen atoms in total.